The highest BCUT2D eigenvalue weighted by molar-refractivity contribution is 7.92. The first-order valence-corrected chi connectivity index (χ1v) is 8.30. The van der Waals surface area contributed by atoms with Gasteiger partial charge >= 0.3 is 5.97 Å². The second kappa shape index (κ2) is 5.14. The van der Waals surface area contributed by atoms with E-state index in [0.717, 1.165) is 5.56 Å². The monoisotopic (exact) mass is 317 g/mol. The van der Waals surface area contributed by atoms with Crippen LogP contribution in [0.5, 0.6) is 0 Å². The van der Waals surface area contributed by atoms with Crippen LogP contribution in [-0.2, 0) is 16.4 Å². The van der Waals surface area contributed by atoms with Crippen LogP contribution in [0.2, 0.25) is 0 Å². The van der Waals surface area contributed by atoms with Crippen LogP contribution in [-0.4, -0.2) is 26.0 Å². The van der Waals surface area contributed by atoms with Gasteiger partial charge in [0.15, 0.2) is 0 Å². The maximum absolute atomic E-state index is 12.8. The Bertz CT molecular complexity index is 858. The summed E-state index contributed by atoms with van der Waals surface area (Å²) in [5.74, 6) is -1.04. The molecule has 3 rings (SSSR count). The van der Waals surface area contributed by atoms with Crippen molar-refractivity contribution in [2.45, 2.75) is 18.2 Å². The molecule has 5 nitrogen and oxygen atoms in total. The van der Waals surface area contributed by atoms with Crippen molar-refractivity contribution in [3.05, 3.63) is 59.2 Å². The fourth-order valence-corrected chi connectivity index (χ4v) is 4.36. The van der Waals surface area contributed by atoms with Gasteiger partial charge in [0, 0.05) is 6.54 Å². The highest BCUT2D eigenvalue weighted by Gasteiger charge is 2.33. The minimum absolute atomic E-state index is 0.166. The third-order valence-corrected chi connectivity index (χ3v) is 5.60. The van der Waals surface area contributed by atoms with E-state index in [-0.39, 0.29) is 17.0 Å². The number of hydrogen-bond acceptors (Lipinski definition) is 3. The van der Waals surface area contributed by atoms with Crippen molar-refractivity contribution in [3.8, 4) is 0 Å². The summed E-state index contributed by atoms with van der Waals surface area (Å²) in [6.07, 6.45) is 0.406. The van der Waals surface area contributed by atoms with Gasteiger partial charge in [0.05, 0.1) is 16.1 Å². The van der Waals surface area contributed by atoms with E-state index in [2.05, 4.69) is 0 Å². The highest BCUT2D eigenvalue weighted by Crippen LogP contribution is 2.35. The molecule has 22 heavy (non-hydrogen) atoms. The van der Waals surface area contributed by atoms with Crippen LogP contribution in [0.25, 0.3) is 0 Å². The van der Waals surface area contributed by atoms with Crippen LogP contribution in [0.4, 0.5) is 5.69 Å². The summed E-state index contributed by atoms with van der Waals surface area (Å²) in [4.78, 5) is 11.5. The number of sulfonamides is 1. The van der Waals surface area contributed by atoms with Crippen LogP contribution >= 0.6 is 0 Å². The Labute approximate surface area is 128 Å². The molecular formula is C16H15NO4S. The number of aryl methyl sites for hydroxylation is 1. The highest BCUT2D eigenvalue weighted by atomic mass is 32.2. The van der Waals surface area contributed by atoms with E-state index in [1.54, 1.807) is 30.3 Å². The molecule has 1 N–H and O–H groups in total. The molecule has 2 aromatic carbocycles. The molecule has 0 fully saturated rings. The second-order valence-electron chi connectivity index (χ2n) is 5.25. The third-order valence-electron chi connectivity index (χ3n) is 3.79. The Kier molecular flexibility index (Phi) is 3.41. The number of benzene rings is 2. The first-order valence-electron chi connectivity index (χ1n) is 6.86. The summed E-state index contributed by atoms with van der Waals surface area (Å²) in [6.45, 7) is 2.09. The molecule has 6 heteroatoms. The van der Waals surface area contributed by atoms with E-state index in [4.69, 9.17) is 0 Å². The normalized spacial score (nSPS) is 14.0. The van der Waals surface area contributed by atoms with Gasteiger partial charge < -0.3 is 5.11 Å². The van der Waals surface area contributed by atoms with Gasteiger partial charge in [0.25, 0.3) is 10.0 Å². The van der Waals surface area contributed by atoms with Crippen molar-refractivity contribution in [2.24, 2.45) is 0 Å². The first kappa shape index (κ1) is 14.6. The minimum atomic E-state index is -3.68. The maximum Gasteiger partial charge on any atom is 0.336 e. The largest absolute Gasteiger partial charge is 0.478 e. The number of rotatable bonds is 3. The Hall–Kier alpha value is -2.34. The van der Waals surface area contributed by atoms with Crippen molar-refractivity contribution in [1.82, 2.24) is 0 Å². The fourth-order valence-electron chi connectivity index (χ4n) is 2.76. The Morgan fingerprint density at radius 1 is 1.18 bits per heavy atom. The predicted octanol–water partition coefficient (Wildman–Crippen LogP) is 2.44. The molecule has 0 amide bonds. The lowest BCUT2D eigenvalue weighted by molar-refractivity contribution is 0.0696. The van der Waals surface area contributed by atoms with E-state index < -0.39 is 16.0 Å². The lowest BCUT2D eigenvalue weighted by Crippen LogP contribution is -2.29. The summed E-state index contributed by atoms with van der Waals surface area (Å²) in [5, 5.41) is 9.22. The lowest BCUT2D eigenvalue weighted by Gasteiger charge is -2.20. The standard InChI is InChI=1S/C16H15NO4S/c1-11-4-2-5-12(10-11)22(20,21)17-9-8-13-14(16(18)19)6-3-7-15(13)17/h2-7,10H,8-9H2,1H3,(H,18,19). The quantitative estimate of drug-likeness (QED) is 0.943. The van der Waals surface area contributed by atoms with E-state index in [1.165, 1.54) is 10.4 Å². The predicted molar refractivity (Wildman–Crippen MR) is 82.8 cm³/mol. The number of hydrogen-bond donors (Lipinski definition) is 1. The molecule has 0 saturated heterocycles. The van der Waals surface area contributed by atoms with Crippen LogP contribution in [0.3, 0.4) is 0 Å². The molecule has 1 heterocycles. The SMILES string of the molecule is Cc1cccc(S(=O)(=O)N2CCc3c(C(=O)O)cccc32)c1. The molecule has 0 spiro atoms. The van der Waals surface area contributed by atoms with Crippen LogP contribution < -0.4 is 4.31 Å². The molecule has 0 radical (unpaired) electrons. The summed E-state index contributed by atoms with van der Waals surface area (Å²) in [7, 11) is -3.68. The van der Waals surface area contributed by atoms with Gasteiger partial charge in [0.2, 0.25) is 0 Å². The molecule has 114 valence electrons. The Morgan fingerprint density at radius 2 is 1.91 bits per heavy atom. The number of fused-ring (bicyclic) bond motifs is 1. The lowest BCUT2D eigenvalue weighted by atomic mass is 10.1. The zero-order valence-electron chi connectivity index (χ0n) is 12.0. The number of carbonyl (C=O) groups is 1. The molecule has 0 unspecified atom stereocenters. The topological polar surface area (TPSA) is 74.7 Å². The molecule has 1 aliphatic rings. The van der Waals surface area contributed by atoms with Gasteiger partial charge in [-0.2, -0.15) is 0 Å². The van der Waals surface area contributed by atoms with Crippen LogP contribution in [0.15, 0.2) is 47.4 Å². The first-order chi connectivity index (χ1) is 10.4. The summed E-state index contributed by atoms with van der Waals surface area (Å²) >= 11 is 0. The van der Waals surface area contributed by atoms with E-state index in [1.807, 2.05) is 13.0 Å². The minimum Gasteiger partial charge on any atom is -0.478 e. The molecule has 0 aromatic heterocycles. The molecule has 0 bridgehead atoms. The smallest absolute Gasteiger partial charge is 0.336 e. The molecule has 0 atom stereocenters. The average molecular weight is 317 g/mol. The zero-order valence-corrected chi connectivity index (χ0v) is 12.8. The van der Waals surface area contributed by atoms with Crippen molar-refractivity contribution in [3.63, 3.8) is 0 Å². The summed E-state index contributed by atoms with van der Waals surface area (Å²) in [6, 6.07) is 11.4. The number of nitrogens with zero attached hydrogens (tertiary/aromatic N) is 1. The molecule has 1 aliphatic heterocycles. The van der Waals surface area contributed by atoms with E-state index in [9.17, 15) is 18.3 Å². The zero-order chi connectivity index (χ0) is 15.9. The second-order valence-corrected chi connectivity index (χ2v) is 7.11. The van der Waals surface area contributed by atoms with E-state index >= 15 is 0 Å². The molecular weight excluding hydrogens is 302 g/mol. The van der Waals surface area contributed by atoms with Crippen molar-refractivity contribution in [1.29, 1.82) is 0 Å². The summed E-state index contributed by atoms with van der Waals surface area (Å²) in [5.41, 5.74) is 2.06. The average Bonchev–Trinajstić information content (AvgIpc) is 2.91. The fraction of sp³-hybridized carbons (Fsp3) is 0.188. The van der Waals surface area contributed by atoms with Crippen molar-refractivity contribution >= 4 is 21.7 Å². The van der Waals surface area contributed by atoms with Gasteiger partial charge in [-0.05, 0) is 48.7 Å². The van der Waals surface area contributed by atoms with Crippen molar-refractivity contribution in [2.75, 3.05) is 10.8 Å². The molecule has 2 aromatic rings. The molecule has 0 saturated carbocycles. The number of carboxylic acids is 1. The van der Waals surface area contributed by atoms with Crippen LogP contribution in [0, 0.1) is 6.92 Å². The third kappa shape index (κ3) is 2.25. The van der Waals surface area contributed by atoms with E-state index in [0.29, 0.717) is 17.7 Å². The Morgan fingerprint density at radius 3 is 2.59 bits per heavy atom. The van der Waals surface area contributed by atoms with Gasteiger partial charge in [0.1, 0.15) is 0 Å². The Balaban J connectivity index is 2.10. The van der Waals surface area contributed by atoms with Gasteiger partial charge in [-0.1, -0.05) is 18.2 Å². The van der Waals surface area contributed by atoms with Crippen LogP contribution in [0.1, 0.15) is 21.5 Å². The van der Waals surface area contributed by atoms with Gasteiger partial charge in [-0.15, -0.1) is 0 Å². The van der Waals surface area contributed by atoms with Crippen molar-refractivity contribution < 1.29 is 18.3 Å². The summed E-state index contributed by atoms with van der Waals surface area (Å²) < 4.78 is 26.9. The number of aromatic carboxylic acids is 1. The number of carboxylic acid groups (broad SMARTS) is 1. The molecule has 0 aliphatic carbocycles. The van der Waals surface area contributed by atoms with Gasteiger partial charge in [-0.25, -0.2) is 13.2 Å². The number of anilines is 1. The maximum atomic E-state index is 12.8. The van der Waals surface area contributed by atoms with Gasteiger partial charge in [-0.3, -0.25) is 4.31 Å².